The number of amides is 3. The van der Waals surface area contributed by atoms with Gasteiger partial charge >= 0.3 is 12.0 Å². The maximum Gasteiger partial charge on any atom is 0.335 e. The van der Waals surface area contributed by atoms with Crippen LogP contribution in [0.4, 0.5) is 10.5 Å². The average molecular weight is 286 g/mol. The number of urea groups is 1. The molecule has 0 aliphatic rings. The molecule has 1 rings (SSSR count). The Morgan fingerprint density at radius 1 is 1.32 bits per heavy atom. The molecule has 19 heavy (non-hydrogen) atoms. The van der Waals surface area contributed by atoms with E-state index < -0.39 is 17.9 Å². The van der Waals surface area contributed by atoms with E-state index in [9.17, 15) is 14.4 Å². The molecular formula is C11H12ClN3O4. The molecule has 0 spiro atoms. The first-order chi connectivity index (χ1) is 8.90. The Labute approximate surface area is 113 Å². The number of hydrogen-bond donors (Lipinski definition) is 4. The highest BCUT2D eigenvalue weighted by Gasteiger charge is 2.09. The number of carboxylic acids is 1. The van der Waals surface area contributed by atoms with Gasteiger partial charge in [0.2, 0.25) is 5.91 Å². The predicted molar refractivity (Wildman–Crippen MR) is 69.2 cm³/mol. The van der Waals surface area contributed by atoms with Gasteiger partial charge in [0.15, 0.2) is 0 Å². The van der Waals surface area contributed by atoms with E-state index in [4.69, 9.17) is 22.4 Å². The smallest absolute Gasteiger partial charge is 0.335 e. The molecule has 0 aliphatic heterocycles. The number of carbonyl (C=O) groups is 3. The molecule has 3 amide bonds. The van der Waals surface area contributed by atoms with Crippen molar-refractivity contribution in [3.8, 4) is 0 Å². The maximum absolute atomic E-state index is 11.4. The molecule has 0 heterocycles. The van der Waals surface area contributed by atoms with E-state index in [2.05, 4.69) is 10.6 Å². The molecule has 0 fully saturated rings. The molecular weight excluding hydrogens is 274 g/mol. The molecule has 102 valence electrons. The van der Waals surface area contributed by atoms with Crippen LogP contribution in [0.2, 0.25) is 5.02 Å². The van der Waals surface area contributed by atoms with Crippen molar-refractivity contribution in [1.29, 1.82) is 0 Å². The monoisotopic (exact) mass is 285 g/mol. The highest BCUT2D eigenvalue weighted by Crippen LogP contribution is 2.22. The molecule has 0 saturated carbocycles. The fourth-order valence-electron chi connectivity index (χ4n) is 1.22. The van der Waals surface area contributed by atoms with Crippen LogP contribution in [-0.2, 0) is 4.79 Å². The second kappa shape index (κ2) is 6.60. The molecule has 1 aromatic rings. The van der Waals surface area contributed by atoms with Crippen LogP contribution in [0.3, 0.4) is 0 Å². The number of benzene rings is 1. The average Bonchev–Trinajstić information content (AvgIpc) is 2.31. The van der Waals surface area contributed by atoms with Crippen molar-refractivity contribution in [2.75, 3.05) is 11.9 Å². The number of halogens is 1. The molecule has 0 aromatic heterocycles. The SMILES string of the molecule is NC(=O)CCNC(=O)Nc1cc(C(=O)O)ccc1Cl. The number of carbonyl (C=O) groups excluding carboxylic acids is 2. The van der Waals surface area contributed by atoms with Gasteiger partial charge in [-0.15, -0.1) is 0 Å². The Hall–Kier alpha value is -2.28. The molecule has 0 unspecified atom stereocenters. The molecule has 0 atom stereocenters. The number of hydrogen-bond acceptors (Lipinski definition) is 3. The van der Waals surface area contributed by atoms with E-state index in [1.165, 1.54) is 18.2 Å². The highest BCUT2D eigenvalue weighted by atomic mass is 35.5. The minimum Gasteiger partial charge on any atom is -0.478 e. The van der Waals surface area contributed by atoms with Crippen molar-refractivity contribution >= 4 is 35.2 Å². The summed E-state index contributed by atoms with van der Waals surface area (Å²) in [7, 11) is 0. The van der Waals surface area contributed by atoms with Gasteiger partial charge < -0.3 is 21.5 Å². The van der Waals surface area contributed by atoms with Crippen molar-refractivity contribution in [3.63, 3.8) is 0 Å². The van der Waals surface area contributed by atoms with Crippen LogP contribution in [0.15, 0.2) is 18.2 Å². The van der Waals surface area contributed by atoms with E-state index in [1.54, 1.807) is 0 Å². The number of nitrogens with two attached hydrogens (primary N) is 1. The molecule has 5 N–H and O–H groups in total. The lowest BCUT2D eigenvalue weighted by Gasteiger charge is -2.09. The fourth-order valence-corrected chi connectivity index (χ4v) is 1.38. The number of aromatic carboxylic acids is 1. The Morgan fingerprint density at radius 3 is 2.58 bits per heavy atom. The van der Waals surface area contributed by atoms with Crippen LogP contribution in [0.5, 0.6) is 0 Å². The van der Waals surface area contributed by atoms with Gasteiger partial charge in [0.1, 0.15) is 0 Å². The summed E-state index contributed by atoms with van der Waals surface area (Å²) in [6.45, 7) is 0.0808. The van der Waals surface area contributed by atoms with Crippen LogP contribution >= 0.6 is 11.6 Å². The van der Waals surface area contributed by atoms with Crippen LogP contribution < -0.4 is 16.4 Å². The van der Waals surface area contributed by atoms with E-state index in [1.807, 2.05) is 0 Å². The zero-order valence-corrected chi connectivity index (χ0v) is 10.5. The zero-order valence-electron chi connectivity index (χ0n) is 9.77. The van der Waals surface area contributed by atoms with Gasteiger partial charge in [0, 0.05) is 13.0 Å². The van der Waals surface area contributed by atoms with Crippen molar-refractivity contribution < 1.29 is 19.5 Å². The number of rotatable bonds is 5. The number of primary amides is 1. The summed E-state index contributed by atoms with van der Waals surface area (Å²) in [4.78, 5) is 32.7. The van der Waals surface area contributed by atoms with E-state index >= 15 is 0 Å². The van der Waals surface area contributed by atoms with Gasteiger partial charge in [0.25, 0.3) is 0 Å². The molecule has 7 nitrogen and oxygen atoms in total. The maximum atomic E-state index is 11.4. The first-order valence-electron chi connectivity index (χ1n) is 5.26. The summed E-state index contributed by atoms with van der Waals surface area (Å²) < 4.78 is 0. The van der Waals surface area contributed by atoms with Gasteiger partial charge in [-0.3, -0.25) is 4.79 Å². The predicted octanol–water partition coefficient (Wildman–Crippen LogP) is 1.04. The largest absolute Gasteiger partial charge is 0.478 e. The normalized spacial score (nSPS) is 9.74. The lowest BCUT2D eigenvalue weighted by Crippen LogP contribution is -2.31. The Balaban J connectivity index is 2.65. The standard InChI is InChI=1S/C11H12ClN3O4/c12-7-2-1-6(10(17)18)5-8(7)15-11(19)14-4-3-9(13)16/h1-2,5H,3-4H2,(H2,13,16)(H,17,18)(H2,14,15,19). The van der Waals surface area contributed by atoms with Crippen LogP contribution in [0.25, 0.3) is 0 Å². The topological polar surface area (TPSA) is 122 Å². The van der Waals surface area contributed by atoms with Gasteiger partial charge in [-0.25, -0.2) is 9.59 Å². The molecule has 0 bridgehead atoms. The Kier molecular flexibility index (Phi) is 5.13. The third kappa shape index (κ3) is 4.84. The highest BCUT2D eigenvalue weighted by molar-refractivity contribution is 6.33. The number of nitrogens with one attached hydrogen (secondary N) is 2. The molecule has 8 heteroatoms. The van der Waals surface area contributed by atoms with Crippen LogP contribution in [0, 0.1) is 0 Å². The third-order valence-electron chi connectivity index (χ3n) is 2.12. The van der Waals surface area contributed by atoms with Crippen molar-refractivity contribution in [3.05, 3.63) is 28.8 Å². The third-order valence-corrected chi connectivity index (χ3v) is 2.45. The summed E-state index contributed by atoms with van der Waals surface area (Å²) in [5, 5.41) is 13.8. The lowest BCUT2D eigenvalue weighted by molar-refractivity contribution is -0.117. The van der Waals surface area contributed by atoms with Crippen molar-refractivity contribution in [2.24, 2.45) is 5.73 Å². The Bertz CT molecular complexity index is 519. The minimum absolute atomic E-state index is 0.00293. The number of carboxylic acid groups (broad SMARTS) is 1. The van der Waals surface area contributed by atoms with Crippen molar-refractivity contribution in [1.82, 2.24) is 5.32 Å². The van der Waals surface area contributed by atoms with E-state index in [0.717, 1.165) is 0 Å². The van der Waals surface area contributed by atoms with E-state index in [-0.39, 0.29) is 29.2 Å². The van der Waals surface area contributed by atoms with Crippen molar-refractivity contribution in [2.45, 2.75) is 6.42 Å². The molecule has 0 aliphatic carbocycles. The summed E-state index contributed by atoms with van der Waals surface area (Å²) in [6.07, 6.45) is 0.0102. The van der Waals surface area contributed by atoms with Gasteiger partial charge in [0.05, 0.1) is 16.3 Å². The summed E-state index contributed by atoms with van der Waals surface area (Å²) in [6, 6.07) is 3.31. The van der Waals surface area contributed by atoms with Gasteiger partial charge in [-0.05, 0) is 18.2 Å². The number of anilines is 1. The van der Waals surface area contributed by atoms with Gasteiger partial charge in [-0.2, -0.15) is 0 Å². The van der Waals surface area contributed by atoms with Crippen LogP contribution in [-0.4, -0.2) is 29.6 Å². The minimum atomic E-state index is -1.13. The lowest BCUT2D eigenvalue weighted by atomic mass is 10.2. The second-order valence-electron chi connectivity index (χ2n) is 3.60. The zero-order chi connectivity index (χ0) is 14.4. The molecule has 0 radical (unpaired) electrons. The first-order valence-corrected chi connectivity index (χ1v) is 5.64. The Morgan fingerprint density at radius 2 is 2.00 bits per heavy atom. The quantitative estimate of drug-likeness (QED) is 0.645. The summed E-state index contributed by atoms with van der Waals surface area (Å²) in [5.41, 5.74) is 5.07. The van der Waals surface area contributed by atoms with Gasteiger partial charge in [-0.1, -0.05) is 11.6 Å². The van der Waals surface area contributed by atoms with E-state index in [0.29, 0.717) is 0 Å². The second-order valence-corrected chi connectivity index (χ2v) is 4.00. The first kappa shape index (κ1) is 14.8. The molecule has 0 saturated heterocycles. The fraction of sp³-hybridized carbons (Fsp3) is 0.182. The van der Waals surface area contributed by atoms with Crippen LogP contribution in [0.1, 0.15) is 16.8 Å². The molecule has 1 aromatic carbocycles. The summed E-state index contributed by atoms with van der Waals surface area (Å²) in [5.74, 6) is -1.67. The summed E-state index contributed by atoms with van der Waals surface area (Å²) >= 11 is 5.82.